The fourth-order valence-electron chi connectivity index (χ4n) is 1.46. The lowest BCUT2D eigenvalue weighted by Gasteiger charge is -2.04. The minimum absolute atomic E-state index is 0.116. The van der Waals surface area contributed by atoms with Gasteiger partial charge in [0.25, 0.3) is 0 Å². The third-order valence-corrected chi connectivity index (χ3v) is 2.26. The topological polar surface area (TPSA) is 34.9 Å². The molecule has 0 saturated heterocycles. The molecule has 3 nitrogen and oxygen atoms in total. The summed E-state index contributed by atoms with van der Waals surface area (Å²) in [5.74, 6) is -4.59. The highest BCUT2D eigenvalue weighted by Gasteiger charge is 2.23. The van der Waals surface area contributed by atoms with Crippen LogP contribution in [-0.4, -0.2) is 15.3 Å². The lowest BCUT2D eigenvalue weighted by Crippen LogP contribution is -2.13. The molecule has 1 aromatic heterocycles. The van der Waals surface area contributed by atoms with Crippen LogP contribution in [0.25, 0.3) is 0 Å². The molecule has 0 radical (unpaired) electrons. The molecule has 0 spiro atoms. The van der Waals surface area contributed by atoms with Crippen LogP contribution in [-0.2, 0) is 7.05 Å². The van der Waals surface area contributed by atoms with E-state index in [1.165, 1.54) is 24.0 Å². The normalized spacial score (nSPS) is 10.6. The summed E-state index contributed by atoms with van der Waals surface area (Å²) in [5, 5.41) is 0. The highest BCUT2D eigenvalue weighted by atomic mass is 19.1. The number of hydrogen-bond acceptors (Lipinski definition) is 2. The Morgan fingerprint density at radius 2 is 1.82 bits per heavy atom. The summed E-state index contributed by atoms with van der Waals surface area (Å²) in [4.78, 5) is 15.5. The summed E-state index contributed by atoms with van der Waals surface area (Å²) < 4.78 is 40.7. The first-order valence-corrected chi connectivity index (χ1v) is 4.67. The number of aromatic nitrogens is 2. The maximum Gasteiger partial charge on any atom is 0.234 e. The second kappa shape index (κ2) is 4.04. The zero-order chi connectivity index (χ0) is 12.6. The van der Waals surface area contributed by atoms with Crippen molar-refractivity contribution in [3.8, 4) is 0 Å². The number of hydrogen-bond donors (Lipinski definition) is 0. The van der Waals surface area contributed by atoms with Gasteiger partial charge in [0.15, 0.2) is 5.82 Å². The Hall–Kier alpha value is -2.11. The highest BCUT2D eigenvalue weighted by Crippen LogP contribution is 2.17. The number of benzene rings is 1. The van der Waals surface area contributed by atoms with Crippen LogP contribution in [0.4, 0.5) is 13.2 Å². The fourth-order valence-corrected chi connectivity index (χ4v) is 1.46. The molecule has 0 bridgehead atoms. The van der Waals surface area contributed by atoms with Crippen LogP contribution in [0.15, 0.2) is 24.5 Å². The minimum Gasteiger partial charge on any atom is -0.331 e. The summed E-state index contributed by atoms with van der Waals surface area (Å²) in [6.45, 7) is 0. The van der Waals surface area contributed by atoms with Gasteiger partial charge in [-0.2, -0.15) is 0 Å². The summed E-state index contributed by atoms with van der Waals surface area (Å²) in [7, 11) is 1.51. The van der Waals surface area contributed by atoms with Crippen molar-refractivity contribution in [3.63, 3.8) is 0 Å². The van der Waals surface area contributed by atoms with Crippen LogP contribution >= 0.6 is 0 Å². The molecule has 6 heteroatoms. The Kier molecular flexibility index (Phi) is 2.71. The molecule has 2 aromatic rings. The molecular weight excluding hydrogens is 233 g/mol. The van der Waals surface area contributed by atoms with E-state index in [0.717, 1.165) is 0 Å². The van der Waals surface area contributed by atoms with Gasteiger partial charge in [-0.15, -0.1) is 0 Å². The van der Waals surface area contributed by atoms with Crippen LogP contribution in [0, 0.1) is 17.5 Å². The van der Waals surface area contributed by atoms with Gasteiger partial charge in [0.2, 0.25) is 5.78 Å². The Morgan fingerprint density at radius 3 is 2.29 bits per heavy atom. The first kappa shape index (κ1) is 11.4. The predicted octanol–water partition coefficient (Wildman–Crippen LogP) is 2.07. The molecule has 0 atom stereocenters. The summed E-state index contributed by atoms with van der Waals surface area (Å²) >= 11 is 0. The second-order valence-electron chi connectivity index (χ2n) is 3.44. The van der Waals surface area contributed by atoms with Crippen LogP contribution < -0.4 is 0 Å². The number of nitrogens with zero attached hydrogens (tertiary/aromatic N) is 2. The van der Waals surface area contributed by atoms with Crippen LogP contribution in [0.3, 0.4) is 0 Å². The quantitative estimate of drug-likeness (QED) is 0.753. The largest absolute Gasteiger partial charge is 0.331 e. The number of carbonyl (C=O) groups excluding carboxylic acids is 1. The molecule has 1 heterocycles. The third-order valence-electron chi connectivity index (χ3n) is 2.26. The van der Waals surface area contributed by atoms with Gasteiger partial charge in [0.05, 0.1) is 5.56 Å². The lowest BCUT2D eigenvalue weighted by molar-refractivity contribution is 0.101. The van der Waals surface area contributed by atoms with Gasteiger partial charge in [-0.05, 0) is 0 Å². The monoisotopic (exact) mass is 240 g/mol. The maximum atomic E-state index is 13.3. The van der Waals surface area contributed by atoms with Gasteiger partial charge < -0.3 is 4.57 Å². The lowest BCUT2D eigenvalue weighted by atomic mass is 10.1. The smallest absolute Gasteiger partial charge is 0.234 e. The summed E-state index contributed by atoms with van der Waals surface area (Å²) in [6, 6.07) is 0.915. The van der Waals surface area contributed by atoms with Crippen molar-refractivity contribution in [2.24, 2.45) is 7.05 Å². The van der Waals surface area contributed by atoms with Crippen molar-refractivity contribution in [1.29, 1.82) is 0 Å². The van der Waals surface area contributed by atoms with E-state index in [1.54, 1.807) is 0 Å². The molecule has 0 aliphatic heterocycles. The Morgan fingerprint density at radius 1 is 1.24 bits per heavy atom. The average Bonchev–Trinajstić information content (AvgIpc) is 2.62. The van der Waals surface area contributed by atoms with E-state index < -0.39 is 28.8 Å². The highest BCUT2D eigenvalue weighted by molar-refractivity contribution is 6.07. The SMILES string of the molecule is Cn1ccnc1C(=O)c1c(F)cc(F)cc1F. The van der Waals surface area contributed by atoms with Crippen molar-refractivity contribution in [3.05, 3.63) is 53.4 Å². The van der Waals surface area contributed by atoms with Gasteiger partial charge in [-0.25, -0.2) is 18.2 Å². The Labute approximate surface area is 94.5 Å². The number of carbonyl (C=O) groups is 1. The molecule has 0 unspecified atom stereocenters. The summed E-state index contributed by atoms with van der Waals surface area (Å²) in [6.07, 6.45) is 2.79. The molecule has 17 heavy (non-hydrogen) atoms. The van der Waals surface area contributed by atoms with E-state index in [0.29, 0.717) is 12.1 Å². The Bertz CT molecular complexity index is 569. The molecule has 0 N–H and O–H groups in total. The van der Waals surface area contributed by atoms with Gasteiger partial charge in [-0.1, -0.05) is 0 Å². The standard InChI is InChI=1S/C11H7F3N2O/c1-16-3-2-15-11(16)10(17)9-7(13)4-6(12)5-8(9)14/h2-5H,1H3. The molecule has 88 valence electrons. The second-order valence-corrected chi connectivity index (χ2v) is 3.44. The van der Waals surface area contributed by atoms with Crippen molar-refractivity contribution >= 4 is 5.78 Å². The van der Waals surface area contributed by atoms with Crippen LogP contribution in [0.5, 0.6) is 0 Å². The zero-order valence-electron chi connectivity index (χ0n) is 8.75. The number of imidazole rings is 1. The molecule has 0 saturated carbocycles. The van der Waals surface area contributed by atoms with E-state index in [-0.39, 0.29) is 5.82 Å². The predicted molar refractivity (Wildman–Crippen MR) is 53.0 cm³/mol. The van der Waals surface area contributed by atoms with E-state index >= 15 is 0 Å². The first-order chi connectivity index (χ1) is 8.00. The van der Waals surface area contributed by atoms with E-state index in [2.05, 4.69) is 4.98 Å². The molecule has 2 rings (SSSR count). The molecular formula is C11H7F3N2O. The number of halogens is 3. The third kappa shape index (κ3) is 1.93. The van der Waals surface area contributed by atoms with Crippen molar-refractivity contribution < 1.29 is 18.0 Å². The first-order valence-electron chi connectivity index (χ1n) is 4.67. The van der Waals surface area contributed by atoms with E-state index in [4.69, 9.17) is 0 Å². The van der Waals surface area contributed by atoms with Gasteiger partial charge in [0.1, 0.15) is 17.5 Å². The van der Waals surface area contributed by atoms with Crippen molar-refractivity contribution in [2.45, 2.75) is 0 Å². The molecule has 0 aliphatic carbocycles. The molecule has 0 fully saturated rings. The van der Waals surface area contributed by atoms with Crippen LogP contribution in [0.2, 0.25) is 0 Å². The minimum atomic E-state index is -1.24. The van der Waals surface area contributed by atoms with Gasteiger partial charge in [-0.3, -0.25) is 4.79 Å². The van der Waals surface area contributed by atoms with E-state index in [9.17, 15) is 18.0 Å². The van der Waals surface area contributed by atoms with E-state index in [1.807, 2.05) is 0 Å². The molecule has 1 aromatic carbocycles. The van der Waals surface area contributed by atoms with Gasteiger partial charge >= 0.3 is 0 Å². The summed E-state index contributed by atoms with van der Waals surface area (Å²) in [5.41, 5.74) is -0.805. The van der Waals surface area contributed by atoms with Gasteiger partial charge in [0, 0.05) is 31.6 Å². The number of rotatable bonds is 2. The maximum absolute atomic E-state index is 13.3. The zero-order valence-corrected chi connectivity index (χ0v) is 8.75. The average molecular weight is 240 g/mol. The fraction of sp³-hybridized carbons (Fsp3) is 0.0909. The molecule has 0 aliphatic rings. The van der Waals surface area contributed by atoms with Crippen LogP contribution in [0.1, 0.15) is 16.2 Å². The molecule has 0 amide bonds. The number of aryl methyl sites for hydroxylation is 1. The van der Waals surface area contributed by atoms with Crippen molar-refractivity contribution in [1.82, 2.24) is 9.55 Å². The Balaban J connectivity index is 2.56. The number of ketones is 1. The van der Waals surface area contributed by atoms with Crippen molar-refractivity contribution in [2.75, 3.05) is 0 Å².